The van der Waals surface area contributed by atoms with E-state index in [1.165, 1.54) is 6.08 Å². The van der Waals surface area contributed by atoms with Crippen LogP contribution in [0, 0.1) is 0 Å². The van der Waals surface area contributed by atoms with Crippen LogP contribution >= 0.6 is 0 Å². The molecule has 0 aromatic rings. The van der Waals surface area contributed by atoms with E-state index in [0.717, 1.165) is 30.3 Å². The van der Waals surface area contributed by atoms with E-state index in [2.05, 4.69) is 6.58 Å². The third-order valence-corrected chi connectivity index (χ3v) is 4.50. The SMILES string of the molecule is C=C1CCCCC(F)=CC=C1B1OC(C)(C)C(C)(C)O1. The summed E-state index contributed by atoms with van der Waals surface area (Å²) < 4.78 is 25.7. The molecule has 0 bridgehead atoms. The van der Waals surface area contributed by atoms with Crippen LogP contribution in [0.4, 0.5) is 4.39 Å². The van der Waals surface area contributed by atoms with E-state index in [4.69, 9.17) is 9.31 Å². The molecular weight excluding hydrogens is 254 g/mol. The van der Waals surface area contributed by atoms with Gasteiger partial charge in [0.05, 0.1) is 17.0 Å². The van der Waals surface area contributed by atoms with Gasteiger partial charge in [0.15, 0.2) is 0 Å². The van der Waals surface area contributed by atoms with E-state index in [0.29, 0.717) is 6.42 Å². The first-order chi connectivity index (χ1) is 9.23. The average molecular weight is 278 g/mol. The molecule has 1 fully saturated rings. The quantitative estimate of drug-likeness (QED) is 0.656. The van der Waals surface area contributed by atoms with Crippen LogP contribution in [0.3, 0.4) is 0 Å². The normalized spacial score (nSPS) is 26.4. The molecule has 0 unspecified atom stereocenters. The summed E-state index contributed by atoms with van der Waals surface area (Å²) in [7, 11) is -0.463. The summed E-state index contributed by atoms with van der Waals surface area (Å²) in [6.45, 7) is 12.2. The van der Waals surface area contributed by atoms with E-state index < -0.39 is 7.12 Å². The largest absolute Gasteiger partial charge is 0.495 e. The van der Waals surface area contributed by atoms with Crippen molar-refractivity contribution < 1.29 is 13.7 Å². The maximum atomic E-state index is 13.6. The van der Waals surface area contributed by atoms with Gasteiger partial charge in [0, 0.05) is 0 Å². The van der Waals surface area contributed by atoms with Crippen LogP contribution in [0.15, 0.2) is 35.6 Å². The molecule has 4 heteroatoms. The second-order valence-electron chi connectivity index (χ2n) is 6.63. The fourth-order valence-corrected chi connectivity index (χ4v) is 2.37. The predicted molar refractivity (Wildman–Crippen MR) is 81.0 cm³/mol. The molecule has 110 valence electrons. The van der Waals surface area contributed by atoms with Crippen molar-refractivity contribution in [3.63, 3.8) is 0 Å². The fraction of sp³-hybridized carbons (Fsp3) is 0.625. The molecule has 0 aromatic heterocycles. The minimum Gasteiger partial charge on any atom is -0.399 e. The number of hydrogen-bond donors (Lipinski definition) is 0. The molecule has 0 amide bonds. The molecule has 0 N–H and O–H groups in total. The molecule has 0 radical (unpaired) electrons. The monoisotopic (exact) mass is 278 g/mol. The molecular formula is C16H24BFO2. The number of halogens is 1. The van der Waals surface area contributed by atoms with Gasteiger partial charge < -0.3 is 9.31 Å². The van der Waals surface area contributed by atoms with Crippen molar-refractivity contribution in [2.45, 2.75) is 64.6 Å². The fourth-order valence-electron chi connectivity index (χ4n) is 2.37. The van der Waals surface area contributed by atoms with Gasteiger partial charge in [-0.2, -0.15) is 0 Å². The lowest BCUT2D eigenvalue weighted by atomic mass is 9.73. The topological polar surface area (TPSA) is 18.5 Å². The Morgan fingerprint density at radius 1 is 1.05 bits per heavy atom. The molecule has 1 aliphatic heterocycles. The van der Waals surface area contributed by atoms with Crippen LogP contribution in [0.25, 0.3) is 0 Å². The van der Waals surface area contributed by atoms with E-state index in [9.17, 15) is 4.39 Å². The Hall–Kier alpha value is -0.865. The maximum Gasteiger partial charge on any atom is 0.495 e. The highest BCUT2D eigenvalue weighted by Gasteiger charge is 2.52. The van der Waals surface area contributed by atoms with Crippen molar-refractivity contribution in [1.29, 1.82) is 0 Å². The first-order valence-electron chi connectivity index (χ1n) is 7.33. The molecule has 1 aliphatic carbocycles. The van der Waals surface area contributed by atoms with Gasteiger partial charge in [-0.3, -0.25) is 0 Å². The Morgan fingerprint density at radius 3 is 2.20 bits per heavy atom. The van der Waals surface area contributed by atoms with Gasteiger partial charge in [-0.1, -0.05) is 18.2 Å². The molecule has 2 aliphatic rings. The van der Waals surface area contributed by atoms with E-state index in [1.807, 2.05) is 27.7 Å². The Morgan fingerprint density at radius 2 is 1.60 bits per heavy atom. The van der Waals surface area contributed by atoms with Crippen molar-refractivity contribution in [1.82, 2.24) is 0 Å². The summed E-state index contributed by atoms with van der Waals surface area (Å²) in [5.74, 6) is -0.0892. The van der Waals surface area contributed by atoms with Gasteiger partial charge in [0.2, 0.25) is 0 Å². The first kappa shape index (κ1) is 15.5. The molecule has 0 aromatic carbocycles. The highest BCUT2D eigenvalue weighted by atomic mass is 19.1. The minimum atomic E-state index is -0.463. The zero-order valence-electron chi connectivity index (χ0n) is 13.0. The van der Waals surface area contributed by atoms with E-state index in [-0.39, 0.29) is 17.0 Å². The van der Waals surface area contributed by atoms with Gasteiger partial charge in [0.25, 0.3) is 0 Å². The van der Waals surface area contributed by atoms with Gasteiger partial charge in [0.1, 0.15) is 0 Å². The molecule has 0 atom stereocenters. The summed E-state index contributed by atoms with van der Waals surface area (Å²) in [6.07, 6.45) is 6.45. The Kier molecular flexibility index (Phi) is 4.26. The lowest BCUT2D eigenvalue weighted by Crippen LogP contribution is -2.41. The Balaban J connectivity index is 2.27. The summed E-state index contributed by atoms with van der Waals surface area (Å²) >= 11 is 0. The van der Waals surface area contributed by atoms with Crippen molar-refractivity contribution >= 4 is 7.12 Å². The van der Waals surface area contributed by atoms with Crippen LogP contribution < -0.4 is 0 Å². The summed E-state index contributed by atoms with van der Waals surface area (Å²) in [5.41, 5.74) is 1.06. The van der Waals surface area contributed by atoms with Crippen molar-refractivity contribution in [3.8, 4) is 0 Å². The van der Waals surface area contributed by atoms with Gasteiger partial charge in [-0.05, 0) is 64.9 Å². The molecule has 2 rings (SSSR count). The summed E-state index contributed by atoms with van der Waals surface area (Å²) in [5, 5.41) is 0. The summed E-state index contributed by atoms with van der Waals surface area (Å²) in [6, 6.07) is 0. The van der Waals surface area contributed by atoms with Crippen LogP contribution in [-0.4, -0.2) is 18.3 Å². The lowest BCUT2D eigenvalue weighted by Gasteiger charge is -2.32. The highest BCUT2D eigenvalue weighted by molar-refractivity contribution is 6.56. The first-order valence-corrected chi connectivity index (χ1v) is 7.33. The summed E-state index contributed by atoms with van der Waals surface area (Å²) in [4.78, 5) is 0. The Bertz CT molecular complexity index is 447. The Labute approximate surface area is 121 Å². The average Bonchev–Trinajstić information content (AvgIpc) is 2.57. The predicted octanol–water partition coefficient (Wildman–Crippen LogP) is 4.53. The molecule has 2 nitrogen and oxygen atoms in total. The van der Waals surface area contributed by atoms with Gasteiger partial charge in [-0.25, -0.2) is 4.39 Å². The van der Waals surface area contributed by atoms with Crippen LogP contribution in [0.1, 0.15) is 53.4 Å². The zero-order chi connectivity index (χ0) is 15.0. The smallest absolute Gasteiger partial charge is 0.399 e. The standard InChI is InChI=1S/C16H24BFO2/c1-12-8-6-7-9-13(18)10-11-14(12)17-19-15(2,3)16(4,5)20-17/h10-11H,1,6-9H2,2-5H3. The lowest BCUT2D eigenvalue weighted by molar-refractivity contribution is 0.00578. The van der Waals surface area contributed by atoms with Crippen LogP contribution in [0.2, 0.25) is 0 Å². The molecule has 0 saturated carbocycles. The number of rotatable bonds is 1. The minimum absolute atomic E-state index is 0.0892. The van der Waals surface area contributed by atoms with Gasteiger partial charge >= 0.3 is 7.12 Å². The molecule has 1 saturated heterocycles. The van der Waals surface area contributed by atoms with E-state index in [1.54, 1.807) is 6.08 Å². The van der Waals surface area contributed by atoms with Crippen molar-refractivity contribution in [2.24, 2.45) is 0 Å². The highest BCUT2D eigenvalue weighted by Crippen LogP contribution is 2.40. The molecule has 1 heterocycles. The third kappa shape index (κ3) is 3.07. The maximum absolute atomic E-state index is 13.6. The third-order valence-electron chi connectivity index (χ3n) is 4.50. The second kappa shape index (κ2) is 5.49. The zero-order valence-corrected chi connectivity index (χ0v) is 13.0. The van der Waals surface area contributed by atoms with Gasteiger partial charge in [-0.15, -0.1) is 0 Å². The van der Waals surface area contributed by atoms with Crippen LogP contribution in [-0.2, 0) is 9.31 Å². The van der Waals surface area contributed by atoms with Crippen molar-refractivity contribution in [2.75, 3.05) is 0 Å². The number of allylic oxidation sites excluding steroid dienone is 5. The number of hydrogen-bond acceptors (Lipinski definition) is 2. The van der Waals surface area contributed by atoms with Crippen LogP contribution in [0.5, 0.6) is 0 Å². The van der Waals surface area contributed by atoms with Crippen molar-refractivity contribution in [3.05, 3.63) is 35.6 Å². The molecule has 0 spiro atoms. The second-order valence-corrected chi connectivity index (χ2v) is 6.63. The van der Waals surface area contributed by atoms with E-state index >= 15 is 0 Å². The molecule has 20 heavy (non-hydrogen) atoms.